The Balaban J connectivity index is 1.39. The molecular weight excluding hydrogens is 591 g/mol. The van der Waals surface area contributed by atoms with E-state index in [1.54, 1.807) is 72.4 Å². The molecule has 0 saturated carbocycles. The summed E-state index contributed by atoms with van der Waals surface area (Å²) < 4.78 is 0. The Kier molecular flexibility index (Phi) is 10.3. The number of hydrogen-bond acceptors (Lipinski definition) is 8. The molecule has 0 aliphatic heterocycles. The maximum absolute atomic E-state index is 10.9. The Bertz CT molecular complexity index is 1460. The first-order chi connectivity index (χ1) is 19.3. The third-order valence-electron chi connectivity index (χ3n) is 5.35. The maximum Gasteiger partial charge on any atom is 0.269 e. The van der Waals surface area contributed by atoms with E-state index in [9.17, 15) is 20.2 Å². The molecule has 202 valence electrons. The van der Waals surface area contributed by atoms with Gasteiger partial charge < -0.3 is 0 Å². The number of benzene rings is 4. The van der Waals surface area contributed by atoms with Crippen molar-refractivity contribution in [2.75, 3.05) is 11.5 Å². The molecule has 0 saturated heterocycles. The smallest absolute Gasteiger partial charge is 0.258 e. The van der Waals surface area contributed by atoms with Crippen LogP contribution >= 0.6 is 46.7 Å². The summed E-state index contributed by atoms with van der Waals surface area (Å²) in [6.45, 7) is 0. The first-order valence-electron chi connectivity index (χ1n) is 11.7. The highest BCUT2D eigenvalue weighted by Gasteiger charge is 2.08. The van der Waals surface area contributed by atoms with Crippen molar-refractivity contribution < 1.29 is 9.85 Å². The van der Waals surface area contributed by atoms with Gasteiger partial charge in [-0.1, -0.05) is 23.2 Å². The average molecular weight is 612 g/mol. The SMILES string of the molecule is O=[N+]([O-])c1ccc(C=Nc2cc(Cl)ccc2SCCSc2ccc(Cl)cc2N=Cc2ccc([N+](=O)[O-])cc2)cc1. The standard InChI is InChI=1S/C28H20Cl2N4O4S2/c29-21-5-11-27(25(15-21)31-17-19-1-7-23(8-2-19)33(35)36)39-13-14-40-28-12-6-22(30)16-26(28)32-18-20-3-9-24(10-4-20)34(37)38/h1-12,15-18H,13-14H2. The lowest BCUT2D eigenvalue weighted by Crippen LogP contribution is -1.89. The van der Waals surface area contributed by atoms with E-state index in [0.29, 0.717) is 21.4 Å². The van der Waals surface area contributed by atoms with Crippen molar-refractivity contribution in [2.24, 2.45) is 9.98 Å². The lowest BCUT2D eigenvalue weighted by molar-refractivity contribution is -0.385. The fourth-order valence-electron chi connectivity index (χ4n) is 3.38. The molecule has 0 aromatic heterocycles. The summed E-state index contributed by atoms with van der Waals surface area (Å²) in [7, 11) is 0. The molecular formula is C28H20Cl2N4O4S2. The van der Waals surface area contributed by atoms with Crippen LogP contribution in [0.1, 0.15) is 11.1 Å². The summed E-state index contributed by atoms with van der Waals surface area (Å²) in [6, 6.07) is 23.3. The summed E-state index contributed by atoms with van der Waals surface area (Å²) in [5.41, 5.74) is 2.94. The highest BCUT2D eigenvalue weighted by atomic mass is 35.5. The minimum absolute atomic E-state index is 0.0227. The van der Waals surface area contributed by atoms with Crippen LogP contribution in [-0.4, -0.2) is 33.8 Å². The third-order valence-corrected chi connectivity index (χ3v) is 8.21. The lowest BCUT2D eigenvalue weighted by atomic mass is 10.2. The van der Waals surface area contributed by atoms with Crippen molar-refractivity contribution in [1.29, 1.82) is 0 Å². The normalized spacial score (nSPS) is 11.3. The molecule has 0 unspecified atom stereocenters. The van der Waals surface area contributed by atoms with Crippen LogP contribution in [0.25, 0.3) is 0 Å². The number of hydrogen-bond donors (Lipinski definition) is 0. The van der Waals surface area contributed by atoms with Gasteiger partial charge in [0.1, 0.15) is 0 Å². The predicted octanol–water partition coefficient (Wildman–Crippen LogP) is 9.20. The number of thioether (sulfide) groups is 2. The third kappa shape index (κ3) is 8.40. The van der Waals surface area contributed by atoms with Crippen LogP contribution in [-0.2, 0) is 0 Å². The summed E-state index contributed by atoms with van der Waals surface area (Å²) >= 11 is 15.7. The van der Waals surface area contributed by atoms with E-state index < -0.39 is 9.85 Å². The molecule has 8 nitrogen and oxygen atoms in total. The van der Waals surface area contributed by atoms with E-state index in [-0.39, 0.29) is 11.4 Å². The zero-order valence-corrected chi connectivity index (χ0v) is 23.8. The van der Waals surface area contributed by atoms with Crippen molar-refractivity contribution in [2.45, 2.75) is 9.79 Å². The van der Waals surface area contributed by atoms with Gasteiger partial charge in [-0.25, -0.2) is 0 Å². The van der Waals surface area contributed by atoms with Crippen molar-refractivity contribution in [3.05, 3.63) is 126 Å². The quantitative estimate of drug-likeness (QED) is 0.0550. The van der Waals surface area contributed by atoms with Gasteiger partial charge in [0.05, 0.1) is 21.2 Å². The molecule has 0 aliphatic carbocycles. The van der Waals surface area contributed by atoms with E-state index in [0.717, 1.165) is 32.4 Å². The topological polar surface area (TPSA) is 111 Å². The van der Waals surface area contributed by atoms with Gasteiger partial charge in [0.2, 0.25) is 0 Å². The van der Waals surface area contributed by atoms with Gasteiger partial charge in [-0.05, 0) is 71.8 Å². The van der Waals surface area contributed by atoms with Gasteiger partial charge in [0, 0.05) is 68.0 Å². The average Bonchev–Trinajstić information content (AvgIpc) is 2.95. The number of non-ortho nitro benzene ring substituents is 2. The number of nitro benzene ring substituents is 2. The summed E-state index contributed by atoms with van der Waals surface area (Å²) in [5, 5.41) is 22.9. The maximum atomic E-state index is 10.9. The summed E-state index contributed by atoms with van der Waals surface area (Å²) in [6.07, 6.45) is 3.30. The van der Waals surface area contributed by atoms with Crippen LogP contribution in [0.4, 0.5) is 22.7 Å². The zero-order chi connectivity index (χ0) is 28.5. The van der Waals surface area contributed by atoms with Crippen LogP contribution in [0, 0.1) is 20.2 Å². The van der Waals surface area contributed by atoms with E-state index in [4.69, 9.17) is 23.2 Å². The lowest BCUT2D eigenvalue weighted by Gasteiger charge is -2.08. The molecule has 40 heavy (non-hydrogen) atoms. The summed E-state index contributed by atoms with van der Waals surface area (Å²) in [4.78, 5) is 31.9. The largest absolute Gasteiger partial charge is 0.269 e. The van der Waals surface area contributed by atoms with Crippen molar-refractivity contribution in [3.63, 3.8) is 0 Å². The Morgan fingerprint density at radius 1 is 0.625 bits per heavy atom. The Morgan fingerprint density at radius 3 is 1.35 bits per heavy atom. The van der Waals surface area contributed by atoms with E-state index in [1.807, 2.05) is 24.3 Å². The molecule has 0 aliphatic rings. The first kappa shape index (κ1) is 29.3. The molecule has 0 spiro atoms. The molecule has 0 atom stereocenters. The molecule has 0 fully saturated rings. The van der Waals surface area contributed by atoms with E-state index in [2.05, 4.69) is 9.98 Å². The number of rotatable bonds is 11. The van der Waals surface area contributed by atoms with Gasteiger partial charge in [0.25, 0.3) is 11.4 Å². The minimum atomic E-state index is -0.441. The van der Waals surface area contributed by atoms with Crippen LogP contribution in [0.5, 0.6) is 0 Å². The fourth-order valence-corrected chi connectivity index (χ4v) is 5.67. The highest BCUT2D eigenvalue weighted by molar-refractivity contribution is 8.03. The predicted molar refractivity (Wildman–Crippen MR) is 165 cm³/mol. The number of halogens is 2. The monoisotopic (exact) mass is 610 g/mol. The number of aliphatic imine (C=N–C) groups is 2. The minimum Gasteiger partial charge on any atom is -0.258 e. The van der Waals surface area contributed by atoms with Gasteiger partial charge >= 0.3 is 0 Å². The van der Waals surface area contributed by atoms with Crippen LogP contribution in [0.3, 0.4) is 0 Å². The second-order valence-electron chi connectivity index (χ2n) is 8.13. The van der Waals surface area contributed by atoms with Crippen molar-refractivity contribution >= 4 is 81.9 Å². The Morgan fingerprint density at radius 2 is 1.00 bits per heavy atom. The van der Waals surface area contributed by atoms with Crippen LogP contribution in [0.15, 0.2) is 105 Å². The molecule has 12 heteroatoms. The molecule has 0 bridgehead atoms. The zero-order valence-electron chi connectivity index (χ0n) is 20.6. The molecule has 0 heterocycles. The molecule has 0 radical (unpaired) electrons. The summed E-state index contributed by atoms with van der Waals surface area (Å²) in [5.74, 6) is 1.56. The van der Waals surface area contributed by atoms with Crippen LogP contribution in [0.2, 0.25) is 10.0 Å². The van der Waals surface area contributed by atoms with Crippen molar-refractivity contribution in [1.82, 2.24) is 0 Å². The van der Waals surface area contributed by atoms with E-state index >= 15 is 0 Å². The van der Waals surface area contributed by atoms with Gasteiger partial charge in [0.15, 0.2) is 0 Å². The molecule has 0 N–H and O–H groups in total. The molecule has 0 amide bonds. The first-order valence-corrected chi connectivity index (χ1v) is 14.4. The van der Waals surface area contributed by atoms with Gasteiger partial charge in [-0.3, -0.25) is 30.2 Å². The highest BCUT2D eigenvalue weighted by Crippen LogP contribution is 2.36. The number of nitro groups is 2. The molecule has 4 rings (SSSR count). The Labute approximate surface area is 248 Å². The second-order valence-corrected chi connectivity index (χ2v) is 11.3. The van der Waals surface area contributed by atoms with Crippen molar-refractivity contribution in [3.8, 4) is 0 Å². The van der Waals surface area contributed by atoms with Gasteiger partial charge in [-0.15, -0.1) is 23.5 Å². The molecule has 4 aromatic rings. The van der Waals surface area contributed by atoms with Crippen LogP contribution < -0.4 is 0 Å². The Hall–Kier alpha value is -3.70. The number of nitrogens with zero attached hydrogens (tertiary/aromatic N) is 4. The second kappa shape index (κ2) is 14.1. The fraction of sp³-hybridized carbons (Fsp3) is 0.0714. The van der Waals surface area contributed by atoms with E-state index in [1.165, 1.54) is 24.3 Å². The molecule has 4 aromatic carbocycles. The van der Waals surface area contributed by atoms with Gasteiger partial charge in [-0.2, -0.15) is 0 Å².